The third-order valence-corrected chi connectivity index (χ3v) is 11.1. The predicted molar refractivity (Wildman–Crippen MR) is 201 cm³/mol. The number of aromatic nitrogens is 5. The Morgan fingerprint density at radius 2 is 1.06 bits per heavy atom. The molecule has 0 unspecified atom stereocenters. The lowest BCUT2D eigenvalue weighted by molar-refractivity contribution is 0.661. The second-order valence-corrected chi connectivity index (χ2v) is 14.2. The van der Waals surface area contributed by atoms with Gasteiger partial charge in [0.05, 0.1) is 0 Å². The highest BCUT2D eigenvalue weighted by Crippen LogP contribution is 2.50. The molecule has 0 aliphatic heterocycles. The molecule has 10 rings (SSSR count). The number of rotatable bonds is 4. The number of benzene rings is 5. The van der Waals surface area contributed by atoms with Gasteiger partial charge in [-0.1, -0.05) is 117 Å². The molecule has 0 bridgehead atoms. The van der Waals surface area contributed by atoms with Gasteiger partial charge in [-0.3, -0.25) is 4.40 Å². The Labute approximate surface area is 287 Å². The minimum Gasteiger partial charge on any atom is -0.291 e. The number of imidazole rings is 1. The highest BCUT2D eigenvalue weighted by molar-refractivity contribution is 7.25. The summed E-state index contributed by atoms with van der Waals surface area (Å²) in [6.45, 7) is 4.64. The molecule has 5 aromatic carbocycles. The quantitative estimate of drug-likeness (QED) is 0.191. The third-order valence-electron chi connectivity index (χ3n) is 9.90. The van der Waals surface area contributed by atoms with E-state index in [1.807, 2.05) is 60.7 Å². The van der Waals surface area contributed by atoms with Crippen molar-refractivity contribution in [3.63, 3.8) is 0 Å². The van der Waals surface area contributed by atoms with E-state index in [2.05, 4.69) is 97.2 Å². The van der Waals surface area contributed by atoms with Crippen LogP contribution < -0.4 is 0 Å². The average Bonchev–Trinajstić information content (AvgIpc) is 3.77. The Morgan fingerprint density at radius 1 is 0.510 bits per heavy atom. The van der Waals surface area contributed by atoms with Gasteiger partial charge in [-0.25, -0.2) is 19.9 Å². The van der Waals surface area contributed by atoms with Crippen LogP contribution in [0.5, 0.6) is 0 Å². The SMILES string of the molecule is CC1(C)c2cc(-c3ccn4c(c3)nc3c5ccccc5sc34)ccc2-c2ccc(-c3nc(-c4ccccc4)nc(-c4ccccc4)n3)cc21. The van der Waals surface area contributed by atoms with Crippen molar-refractivity contribution >= 4 is 37.4 Å². The number of nitrogens with zero attached hydrogens (tertiary/aromatic N) is 5. The van der Waals surface area contributed by atoms with Gasteiger partial charge in [0.15, 0.2) is 17.5 Å². The number of hydrogen-bond donors (Lipinski definition) is 0. The maximum absolute atomic E-state index is 5.07. The molecule has 6 heteroatoms. The van der Waals surface area contributed by atoms with Crippen LogP contribution >= 0.6 is 11.3 Å². The van der Waals surface area contributed by atoms with Crippen molar-refractivity contribution < 1.29 is 0 Å². The average molecular weight is 648 g/mol. The van der Waals surface area contributed by atoms with Crippen LogP contribution in [0.25, 0.3) is 82.5 Å². The molecule has 4 heterocycles. The number of hydrogen-bond acceptors (Lipinski definition) is 5. The number of fused-ring (bicyclic) bond motifs is 8. The fraction of sp³-hybridized carbons (Fsp3) is 0.0698. The normalized spacial score (nSPS) is 13.3. The molecule has 49 heavy (non-hydrogen) atoms. The highest BCUT2D eigenvalue weighted by atomic mass is 32.1. The minimum atomic E-state index is -0.215. The standard InChI is InChI=1S/C43H29N5S/c1-43(2)34-23-28(29-21-22-48-37(25-29)44-38-33-15-9-10-16-36(33)49-42(38)48)17-19-31(34)32-20-18-30(24-35(32)43)41-46-39(26-11-5-3-6-12-26)45-40(47-41)27-13-7-4-8-14-27/h3-25H,1-2H3. The van der Waals surface area contributed by atoms with Crippen LogP contribution in [0.4, 0.5) is 0 Å². The molecule has 4 aromatic heterocycles. The van der Waals surface area contributed by atoms with Crippen molar-refractivity contribution in [3.8, 4) is 56.4 Å². The first-order valence-electron chi connectivity index (χ1n) is 16.5. The van der Waals surface area contributed by atoms with Gasteiger partial charge < -0.3 is 0 Å². The van der Waals surface area contributed by atoms with Crippen molar-refractivity contribution in [2.24, 2.45) is 0 Å². The number of thiophene rings is 1. The highest BCUT2D eigenvalue weighted by Gasteiger charge is 2.36. The van der Waals surface area contributed by atoms with E-state index in [9.17, 15) is 0 Å². The lowest BCUT2D eigenvalue weighted by atomic mass is 9.81. The smallest absolute Gasteiger partial charge is 0.164 e. The Bertz CT molecular complexity index is 2680. The van der Waals surface area contributed by atoms with Crippen LogP contribution in [0.2, 0.25) is 0 Å². The molecule has 5 nitrogen and oxygen atoms in total. The largest absolute Gasteiger partial charge is 0.291 e. The summed E-state index contributed by atoms with van der Waals surface area (Å²) in [5.41, 5.74) is 12.2. The molecule has 0 spiro atoms. The first-order chi connectivity index (χ1) is 24.0. The van der Waals surface area contributed by atoms with Gasteiger partial charge in [0.25, 0.3) is 0 Å². The molecule has 232 valence electrons. The molecule has 9 aromatic rings. The van der Waals surface area contributed by atoms with Crippen LogP contribution in [0, 0.1) is 0 Å². The zero-order valence-electron chi connectivity index (χ0n) is 26.9. The van der Waals surface area contributed by atoms with Crippen LogP contribution in [0.15, 0.2) is 140 Å². The molecule has 0 amide bonds. The van der Waals surface area contributed by atoms with Gasteiger partial charge in [0.1, 0.15) is 16.0 Å². The van der Waals surface area contributed by atoms with Crippen molar-refractivity contribution in [2.45, 2.75) is 19.3 Å². The molecule has 0 N–H and O–H groups in total. The lowest BCUT2D eigenvalue weighted by Crippen LogP contribution is -2.15. The number of pyridine rings is 1. The molecule has 1 aliphatic carbocycles. The maximum Gasteiger partial charge on any atom is 0.164 e. The monoisotopic (exact) mass is 647 g/mol. The van der Waals surface area contributed by atoms with Gasteiger partial charge in [-0.15, -0.1) is 11.3 Å². The van der Waals surface area contributed by atoms with Crippen LogP contribution in [-0.4, -0.2) is 24.3 Å². The molecule has 0 atom stereocenters. The van der Waals surface area contributed by atoms with E-state index >= 15 is 0 Å². The zero-order chi connectivity index (χ0) is 32.7. The van der Waals surface area contributed by atoms with E-state index in [-0.39, 0.29) is 5.41 Å². The Kier molecular flexibility index (Phi) is 6.02. The van der Waals surface area contributed by atoms with E-state index in [0.29, 0.717) is 17.5 Å². The molecule has 0 saturated carbocycles. The van der Waals surface area contributed by atoms with Crippen molar-refractivity contribution in [1.29, 1.82) is 0 Å². The van der Waals surface area contributed by atoms with Crippen LogP contribution in [0.3, 0.4) is 0 Å². The second-order valence-electron chi connectivity index (χ2n) is 13.2. The summed E-state index contributed by atoms with van der Waals surface area (Å²) >= 11 is 1.80. The van der Waals surface area contributed by atoms with E-state index in [1.54, 1.807) is 11.3 Å². The summed E-state index contributed by atoms with van der Waals surface area (Å²) < 4.78 is 3.48. The maximum atomic E-state index is 5.07. The summed E-state index contributed by atoms with van der Waals surface area (Å²) in [5, 5.41) is 1.22. The van der Waals surface area contributed by atoms with Crippen LogP contribution in [0.1, 0.15) is 25.0 Å². The fourth-order valence-electron chi connectivity index (χ4n) is 7.32. The minimum absolute atomic E-state index is 0.215. The summed E-state index contributed by atoms with van der Waals surface area (Å²) in [4.78, 5) is 21.1. The predicted octanol–water partition coefficient (Wildman–Crippen LogP) is 10.9. The zero-order valence-corrected chi connectivity index (χ0v) is 27.7. The Morgan fingerprint density at radius 3 is 1.73 bits per heavy atom. The first-order valence-corrected chi connectivity index (χ1v) is 17.3. The van der Waals surface area contributed by atoms with Gasteiger partial charge in [0.2, 0.25) is 0 Å². The van der Waals surface area contributed by atoms with E-state index in [1.165, 1.54) is 42.7 Å². The summed E-state index contributed by atoms with van der Waals surface area (Å²) in [6.07, 6.45) is 2.16. The Hall–Kier alpha value is -5.98. The molecule has 0 fully saturated rings. The van der Waals surface area contributed by atoms with E-state index in [0.717, 1.165) is 33.4 Å². The Balaban J connectivity index is 1.05. The van der Waals surface area contributed by atoms with Crippen molar-refractivity contribution in [1.82, 2.24) is 24.3 Å². The summed E-state index contributed by atoms with van der Waals surface area (Å²) in [5.74, 6) is 2.00. The molecule has 0 radical (unpaired) electrons. The van der Waals surface area contributed by atoms with Gasteiger partial charge >= 0.3 is 0 Å². The van der Waals surface area contributed by atoms with Crippen LogP contribution in [-0.2, 0) is 5.41 Å². The van der Waals surface area contributed by atoms with Crippen molar-refractivity contribution in [2.75, 3.05) is 0 Å². The molecule has 0 saturated heterocycles. The van der Waals surface area contributed by atoms with E-state index in [4.69, 9.17) is 19.9 Å². The third kappa shape index (κ3) is 4.38. The molecular formula is C43H29N5S. The van der Waals surface area contributed by atoms with E-state index < -0.39 is 0 Å². The van der Waals surface area contributed by atoms with Gasteiger partial charge in [-0.2, -0.15) is 0 Å². The summed E-state index contributed by atoms with van der Waals surface area (Å²) in [6, 6.07) is 46.8. The first kappa shape index (κ1) is 28.1. The second kappa shape index (κ2) is 10.5. The van der Waals surface area contributed by atoms with Gasteiger partial charge in [0, 0.05) is 38.4 Å². The fourth-order valence-corrected chi connectivity index (χ4v) is 8.46. The van der Waals surface area contributed by atoms with Gasteiger partial charge in [-0.05, 0) is 63.7 Å². The molecule has 1 aliphatic rings. The lowest BCUT2D eigenvalue weighted by Gasteiger charge is -2.22. The summed E-state index contributed by atoms with van der Waals surface area (Å²) in [7, 11) is 0. The van der Waals surface area contributed by atoms with Crippen molar-refractivity contribution in [3.05, 3.63) is 151 Å². The topological polar surface area (TPSA) is 56.0 Å². The molecular weight excluding hydrogens is 619 g/mol.